The molecule has 28 heavy (non-hydrogen) atoms. The van der Waals surface area contributed by atoms with Crippen LogP contribution in [0.25, 0.3) is 22.7 Å². The van der Waals surface area contributed by atoms with E-state index in [2.05, 4.69) is 25.8 Å². The predicted octanol–water partition coefficient (Wildman–Crippen LogP) is 2.09. The van der Waals surface area contributed by atoms with Crippen LogP contribution in [0.2, 0.25) is 0 Å². The maximum absolute atomic E-state index is 11.4. The molecule has 8 heteroatoms. The first-order chi connectivity index (χ1) is 13.6. The van der Waals surface area contributed by atoms with Gasteiger partial charge in [-0.25, -0.2) is 9.97 Å². The second-order valence-electron chi connectivity index (χ2n) is 6.87. The minimum Gasteiger partial charge on any atom is -0.382 e. The Balaban J connectivity index is 1.59. The highest BCUT2D eigenvalue weighted by molar-refractivity contribution is 5.77. The van der Waals surface area contributed by atoms with Crippen LogP contribution in [0.4, 0.5) is 5.82 Å². The molecule has 3 aromatic rings. The lowest BCUT2D eigenvalue weighted by Crippen LogP contribution is -2.34. The first kappa shape index (κ1) is 18.1. The van der Waals surface area contributed by atoms with E-state index < -0.39 is 0 Å². The zero-order valence-corrected chi connectivity index (χ0v) is 15.6. The first-order valence-corrected chi connectivity index (χ1v) is 9.24. The lowest BCUT2D eigenvalue weighted by atomic mass is 9.96. The van der Waals surface area contributed by atoms with Gasteiger partial charge in [0.1, 0.15) is 5.69 Å². The molecule has 1 unspecified atom stereocenters. The summed E-state index contributed by atoms with van der Waals surface area (Å²) in [7, 11) is 1.92. The van der Waals surface area contributed by atoms with Crippen molar-refractivity contribution in [3.8, 4) is 22.7 Å². The zero-order chi connectivity index (χ0) is 19.5. The standard InChI is InChI=1S/C20H22N6O2/c1-22-9-12-2-4-13(5-3-12)15-8-17(28-26-15)19-20(21)24-11-16(25-19)14-6-7-18(27)23-10-14/h2-5,8,11,14,22H,6-7,9-10H2,1H3,(H2,21,24)(H,23,27). The quantitative estimate of drug-likeness (QED) is 0.622. The molecule has 1 fully saturated rings. The molecule has 4 N–H and O–H groups in total. The summed E-state index contributed by atoms with van der Waals surface area (Å²) in [6, 6.07) is 9.92. The minimum absolute atomic E-state index is 0.0699. The first-order valence-electron chi connectivity index (χ1n) is 9.24. The molecular weight excluding hydrogens is 356 g/mol. The molecule has 1 saturated heterocycles. The molecule has 0 bridgehead atoms. The van der Waals surface area contributed by atoms with Crippen LogP contribution in [0.1, 0.15) is 30.0 Å². The van der Waals surface area contributed by atoms with Crippen molar-refractivity contribution < 1.29 is 9.32 Å². The fourth-order valence-electron chi connectivity index (χ4n) is 3.30. The number of piperidine rings is 1. The molecule has 0 saturated carbocycles. The highest BCUT2D eigenvalue weighted by Gasteiger charge is 2.23. The third kappa shape index (κ3) is 3.72. The summed E-state index contributed by atoms with van der Waals surface area (Å²) in [6.07, 6.45) is 2.89. The number of rotatable bonds is 5. The van der Waals surface area contributed by atoms with Crippen molar-refractivity contribution in [1.82, 2.24) is 25.8 Å². The van der Waals surface area contributed by atoms with Crippen LogP contribution in [0.5, 0.6) is 0 Å². The Labute approximate surface area is 162 Å². The molecule has 0 spiro atoms. The summed E-state index contributed by atoms with van der Waals surface area (Å²) in [6.45, 7) is 1.36. The second-order valence-corrected chi connectivity index (χ2v) is 6.87. The largest absolute Gasteiger partial charge is 0.382 e. The molecule has 1 aromatic carbocycles. The van der Waals surface area contributed by atoms with Gasteiger partial charge in [0.15, 0.2) is 17.3 Å². The number of hydrogen-bond donors (Lipinski definition) is 3. The fraction of sp³-hybridized carbons (Fsp3) is 0.300. The number of anilines is 1. The van der Waals surface area contributed by atoms with Gasteiger partial charge in [-0.05, 0) is 19.0 Å². The highest BCUT2D eigenvalue weighted by Crippen LogP contribution is 2.30. The van der Waals surface area contributed by atoms with E-state index in [-0.39, 0.29) is 17.6 Å². The van der Waals surface area contributed by atoms with Crippen LogP contribution in [0.3, 0.4) is 0 Å². The Kier molecular flexibility index (Phi) is 5.03. The Morgan fingerprint density at radius 3 is 2.86 bits per heavy atom. The van der Waals surface area contributed by atoms with Crippen molar-refractivity contribution >= 4 is 11.7 Å². The molecule has 144 valence electrons. The minimum atomic E-state index is 0.0699. The van der Waals surface area contributed by atoms with Crippen LogP contribution in [-0.2, 0) is 11.3 Å². The fourth-order valence-corrected chi connectivity index (χ4v) is 3.30. The van der Waals surface area contributed by atoms with E-state index >= 15 is 0 Å². The van der Waals surface area contributed by atoms with E-state index in [0.29, 0.717) is 30.1 Å². The number of amides is 1. The lowest BCUT2D eigenvalue weighted by Gasteiger charge is -2.21. The van der Waals surface area contributed by atoms with Crippen molar-refractivity contribution in [2.24, 2.45) is 0 Å². The average molecular weight is 378 g/mol. The molecule has 0 radical (unpaired) electrons. The Morgan fingerprint density at radius 1 is 1.32 bits per heavy atom. The molecule has 1 atom stereocenters. The number of carbonyl (C=O) groups excluding carboxylic acids is 1. The van der Waals surface area contributed by atoms with Crippen molar-refractivity contribution in [2.75, 3.05) is 19.3 Å². The van der Waals surface area contributed by atoms with Gasteiger partial charge in [-0.2, -0.15) is 0 Å². The molecule has 1 aliphatic rings. The van der Waals surface area contributed by atoms with E-state index in [1.165, 1.54) is 5.56 Å². The second kappa shape index (κ2) is 7.77. The zero-order valence-electron chi connectivity index (χ0n) is 15.6. The summed E-state index contributed by atoms with van der Waals surface area (Å²) in [5, 5.41) is 10.1. The number of nitrogens with zero attached hydrogens (tertiary/aromatic N) is 3. The number of nitrogens with one attached hydrogen (secondary N) is 2. The molecule has 2 aromatic heterocycles. The van der Waals surface area contributed by atoms with E-state index in [0.717, 1.165) is 24.2 Å². The van der Waals surface area contributed by atoms with Gasteiger partial charge in [0.05, 0.1) is 11.9 Å². The Morgan fingerprint density at radius 2 is 2.14 bits per heavy atom. The van der Waals surface area contributed by atoms with Crippen LogP contribution >= 0.6 is 0 Å². The number of nitrogen functional groups attached to an aromatic ring is 1. The summed E-state index contributed by atoms with van der Waals surface area (Å²) in [5.41, 5.74) is 10.2. The van der Waals surface area contributed by atoms with Crippen molar-refractivity contribution in [2.45, 2.75) is 25.3 Å². The monoisotopic (exact) mass is 378 g/mol. The van der Waals surface area contributed by atoms with Crippen molar-refractivity contribution in [3.05, 3.63) is 47.8 Å². The summed E-state index contributed by atoms with van der Waals surface area (Å²) in [4.78, 5) is 20.3. The van der Waals surface area contributed by atoms with Gasteiger partial charge < -0.3 is 20.9 Å². The van der Waals surface area contributed by atoms with Crippen molar-refractivity contribution in [3.63, 3.8) is 0 Å². The third-order valence-corrected chi connectivity index (χ3v) is 4.88. The predicted molar refractivity (Wildman–Crippen MR) is 105 cm³/mol. The molecule has 1 amide bonds. The number of carbonyl (C=O) groups is 1. The molecule has 0 aliphatic carbocycles. The Hall–Kier alpha value is -3.26. The number of hydrogen-bond acceptors (Lipinski definition) is 7. The number of benzene rings is 1. The van der Waals surface area contributed by atoms with E-state index in [4.69, 9.17) is 10.3 Å². The van der Waals surface area contributed by atoms with Gasteiger partial charge in [0.25, 0.3) is 0 Å². The van der Waals surface area contributed by atoms with Crippen LogP contribution < -0.4 is 16.4 Å². The maximum Gasteiger partial charge on any atom is 0.220 e. The number of nitrogens with two attached hydrogens (primary N) is 1. The van der Waals surface area contributed by atoms with Crippen LogP contribution in [0.15, 0.2) is 41.1 Å². The van der Waals surface area contributed by atoms with Gasteiger partial charge in [-0.1, -0.05) is 29.4 Å². The van der Waals surface area contributed by atoms with E-state index in [1.807, 2.05) is 37.4 Å². The summed E-state index contributed by atoms with van der Waals surface area (Å²) >= 11 is 0. The third-order valence-electron chi connectivity index (χ3n) is 4.88. The maximum atomic E-state index is 11.4. The molecule has 1 aliphatic heterocycles. The molecule has 3 heterocycles. The van der Waals surface area contributed by atoms with E-state index in [9.17, 15) is 4.79 Å². The SMILES string of the molecule is CNCc1ccc(-c2cc(-c3nc(C4CCC(=O)NC4)cnc3N)on2)cc1. The number of aromatic nitrogens is 3. The van der Waals surface area contributed by atoms with Crippen LogP contribution in [-0.4, -0.2) is 34.6 Å². The van der Waals surface area contributed by atoms with Gasteiger partial charge in [-0.15, -0.1) is 0 Å². The van der Waals surface area contributed by atoms with Gasteiger partial charge in [-0.3, -0.25) is 4.79 Å². The molecular formula is C20H22N6O2. The van der Waals surface area contributed by atoms with E-state index in [1.54, 1.807) is 6.20 Å². The Bertz CT molecular complexity index is 973. The molecule has 4 rings (SSSR count). The highest BCUT2D eigenvalue weighted by atomic mass is 16.5. The van der Waals surface area contributed by atoms with Gasteiger partial charge in [0.2, 0.25) is 5.91 Å². The molecule has 8 nitrogen and oxygen atoms in total. The summed E-state index contributed by atoms with van der Waals surface area (Å²) in [5.74, 6) is 0.948. The summed E-state index contributed by atoms with van der Waals surface area (Å²) < 4.78 is 5.51. The smallest absolute Gasteiger partial charge is 0.220 e. The van der Waals surface area contributed by atoms with Gasteiger partial charge in [0, 0.05) is 37.1 Å². The lowest BCUT2D eigenvalue weighted by molar-refractivity contribution is -0.122. The average Bonchev–Trinajstić information content (AvgIpc) is 3.20. The van der Waals surface area contributed by atoms with Crippen molar-refractivity contribution in [1.29, 1.82) is 0 Å². The van der Waals surface area contributed by atoms with Crippen LogP contribution in [0, 0.1) is 0 Å². The normalized spacial score (nSPS) is 16.8. The van der Waals surface area contributed by atoms with Gasteiger partial charge >= 0.3 is 0 Å². The topological polar surface area (TPSA) is 119 Å².